The van der Waals surface area contributed by atoms with Gasteiger partial charge in [-0.15, -0.1) is 0 Å². The Kier molecular flexibility index (Phi) is 3.70. The maximum atomic E-state index is 13.4. The lowest BCUT2D eigenvalue weighted by molar-refractivity contribution is 0.382. The van der Waals surface area contributed by atoms with E-state index in [9.17, 15) is 22.0 Å². The second-order valence-electron chi connectivity index (χ2n) is 3.42. The summed E-state index contributed by atoms with van der Waals surface area (Å²) in [5, 5.41) is 2.05. The molecule has 0 aliphatic heterocycles. The molecule has 1 aromatic carbocycles. The summed E-state index contributed by atoms with van der Waals surface area (Å²) >= 11 is 3.01. The van der Waals surface area contributed by atoms with Crippen LogP contribution in [0.1, 0.15) is 0 Å². The molecular weight excluding hydrogens is 335 g/mol. The normalized spacial score (nSPS) is 10.6. The monoisotopic (exact) mass is 338 g/mol. The van der Waals surface area contributed by atoms with E-state index in [1.165, 1.54) is 18.2 Å². The van der Waals surface area contributed by atoms with E-state index in [4.69, 9.17) is 0 Å². The Balaban J connectivity index is 2.52. The van der Waals surface area contributed by atoms with Gasteiger partial charge in [-0.1, -0.05) is 6.07 Å². The van der Waals surface area contributed by atoms with E-state index in [1.807, 2.05) is 0 Å². The molecule has 1 N–H and O–H groups in total. The summed E-state index contributed by atoms with van der Waals surface area (Å²) in [7, 11) is 0. The van der Waals surface area contributed by atoms with Crippen LogP contribution in [0, 0.1) is 29.1 Å². The number of nitrogens with one attached hydrogen (secondary N) is 1. The lowest BCUT2D eigenvalue weighted by Gasteiger charge is -2.10. The van der Waals surface area contributed by atoms with Gasteiger partial charge in [-0.2, -0.15) is 0 Å². The highest BCUT2D eigenvalue weighted by molar-refractivity contribution is 9.10. The molecule has 100 valence electrons. The number of rotatable bonds is 2. The van der Waals surface area contributed by atoms with Gasteiger partial charge in [-0.3, -0.25) is 0 Å². The molecule has 8 heteroatoms. The summed E-state index contributed by atoms with van der Waals surface area (Å²) in [4.78, 5) is 3.77. The predicted octanol–water partition coefficient (Wildman–Crippen LogP) is 4.28. The van der Waals surface area contributed by atoms with Crippen molar-refractivity contribution in [2.45, 2.75) is 0 Å². The number of halogens is 6. The Morgan fingerprint density at radius 2 is 1.37 bits per heavy atom. The van der Waals surface area contributed by atoms with Gasteiger partial charge in [0.1, 0.15) is 16.1 Å². The molecule has 1 heterocycles. The minimum Gasteiger partial charge on any atom is -0.335 e. The van der Waals surface area contributed by atoms with E-state index >= 15 is 0 Å². The molecule has 0 saturated heterocycles. The standard InChI is InChI=1S/C11H4BrF5N2/c12-4-2-1-3-5(18-4)19-11-9(16)7(14)6(13)8(15)10(11)17/h1-3H,(H,18,19). The predicted molar refractivity (Wildman–Crippen MR) is 61.5 cm³/mol. The van der Waals surface area contributed by atoms with Crippen molar-refractivity contribution >= 4 is 27.4 Å². The number of benzene rings is 1. The van der Waals surface area contributed by atoms with E-state index in [0.29, 0.717) is 4.60 Å². The molecule has 0 fully saturated rings. The van der Waals surface area contributed by atoms with Crippen molar-refractivity contribution in [3.05, 3.63) is 51.9 Å². The number of aromatic nitrogens is 1. The van der Waals surface area contributed by atoms with Crippen molar-refractivity contribution in [3.8, 4) is 0 Å². The topological polar surface area (TPSA) is 24.9 Å². The van der Waals surface area contributed by atoms with Crippen LogP contribution >= 0.6 is 15.9 Å². The van der Waals surface area contributed by atoms with E-state index in [2.05, 4.69) is 26.2 Å². The van der Waals surface area contributed by atoms with Gasteiger partial charge in [0.15, 0.2) is 23.3 Å². The number of hydrogen-bond donors (Lipinski definition) is 1. The summed E-state index contributed by atoms with van der Waals surface area (Å²) in [6, 6.07) is 4.32. The van der Waals surface area contributed by atoms with Gasteiger partial charge in [-0.05, 0) is 28.1 Å². The molecular formula is C11H4BrF5N2. The first-order chi connectivity index (χ1) is 8.91. The van der Waals surface area contributed by atoms with Crippen molar-refractivity contribution in [1.82, 2.24) is 4.98 Å². The fourth-order valence-electron chi connectivity index (χ4n) is 1.32. The van der Waals surface area contributed by atoms with Crippen molar-refractivity contribution in [1.29, 1.82) is 0 Å². The zero-order valence-corrected chi connectivity index (χ0v) is 10.5. The Labute approximate surface area is 112 Å². The summed E-state index contributed by atoms with van der Waals surface area (Å²) in [6.45, 7) is 0. The van der Waals surface area contributed by atoms with Gasteiger partial charge in [0.25, 0.3) is 0 Å². The first-order valence-corrected chi connectivity index (χ1v) is 5.62. The van der Waals surface area contributed by atoms with Crippen molar-refractivity contribution < 1.29 is 22.0 Å². The first kappa shape index (κ1) is 13.7. The molecule has 0 amide bonds. The van der Waals surface area contributed by atoms with Gasteiger partial charge in [0, 0.05) is 0 Å². The molecule has 0 atom stereocenters. The lowest BCUT2D eigenvalue weighted by atomic mass is 10.2. The van der Waals surface area contributed by atoms with Gasteiger partial charge >= 0.3 is 0 Å². The van der Waals surface area contributed by atoms with Crippen molar-refractivity contribution in [3.63, 3.8) is 0 Å². The van der Waals surface area contributed by atoms with Crippen LogP contribution < -0.4 is 5.32 Å². The summed E-state index contributed by atoms with van der Waals surface area (Å²) in [5.74, 6) is -10.2. The van der Waals surface area contributed by atoms with Crippen LogP contribution in [0.15, 0.2) is 22.8 Å². The van der Waals surface area contributed by atoms with Gasteiger partial charge < -0.3 is 5.32 Å². The summed E-state index contributed by atoms with van der Waals surface area (Å²) < 4.78 is 65.8. The van der Waals surface area contributed by atoms with E-state index in [1.54, 1.807) is 0 Å². The molecule has 0 spiro atoms. The Morgan fingerprint density at radius 1 is 0.842 bits per heavy atom. The third kappa shape index (κ3) is 2.53. The molecule has 0 aliphatic rings. The number of pyridine rings is 1. The molecule has 1 aromatic heterocycles. The molecule has 2 nitrogen and oxygen atoms in total. The molecule has 0 bridgehead atoms. The summed E-state index contributed by atoms with van der Waals surface area (Å²) in [6.07, 6.45) is 0. The Morgan fingerprint density at radius 3 is 1.89 bits per heavy atom. The number of nitrogens with zero attached hydrogens (tertiary/aromatic N) is 1. The van der Waals surface area contributed by atoms with Crippen LogP contribution in [0.2, 0.25) is 0 Å². The zero-order valence-electron chi connectivity index (χ0n) is 8.95. The molecule has 19 heavy (non-hydrogen) atoms. The minimum atomic E-state index is -2.21. The highest BCUT2D eigenvalue weighted by Crippen LogP contribution is 2.29. The second kappa shape index (κ2) is 5.12. The highest BCUT2D eigenvalue weighted by atomic mass is 79.9. The third-order valence-electron chi connectivity index (χ3n) is 2.18. The van der Waals surface area contributed by atoms with E-state index < -0.39 is 34.8 Å². The van der Waals surface area contributed by atoms with E-state index in [0.717, 1.165) is 0 Å². The van der Waals surface area contributed by atoms with Gasteiger partial charge in [0.05, 0.1) is 0 Å². The van der Waals surface area contributed by atoms with Crippen LogP contribution in [0.4, 0.5) is 33.5 Å². The first-order valence-electron chi connectivity index (χ1n) is 4.83. The van der Waals surface area contributed by atoms with Gasteiger partial charge in [0.2, 0.25) is 5.82 Å². The molecule has 0 radical (unpaired) electrons. The Bertz CT molecular complexity index is 618. The van der Waals surface area contributed by atoms with Crippen LogP contribution in [-0.4, -0.2) is 4.98 Å². The van der Waals surface area contributed by atoms with Crippen LogP contribution in [-0.2, 0) is 0 Å². The quantitative estimate of drug-likeness (QED) is 0.382. The van der Waals surface area contributed by atoms with Crippen LogP contribution in [0.25, 0.3) is 0 Å². The van der Waals surface area contributed by atoms with Crippen molar-refractivity contribution in [2.24, 2.45) is 0 Å². The smallest absolute Gasteiger partial charge is 0.200 e. The largest absolute Gasteiger partial charge is 0.335 e. The molecule has 0 saturated carbocycles. The fraction of sp³-hybridized carbons (Fsp3) is 0. The third-order valence-corrected chi connectivity index (χ3v) is 2.62. The highest BCUT2D eigenvalue weighted by Gasteiger charge is 2.25. The molecule has 2 aromatic rings. The summed E-state index contributed by atoms with van der Waals surface area (Å²) in [5.41, 5.74) is -1.15. The average Bonchev–Trinajstić information content (AvgIpc) is 2.39. The van der Waals surface area contributed by atoms with Crippen LogP contribution in [0.5, 0.6) is 0 Å². The number of hydrogen-bond acceptors (Lipinski definition) is 2. The lowest BCUT2D eigenvalue weighted by Crippen LogP contribution is -2.07. The van der Waals surface area contributed by atoms with Crippen LogP contribution in [0.3, 0.4) is 0 Å². The van der Waals surface area contributed by atoms with E-state index in [-0.39, 0.29) is 5.82 Å². The second-order valence-corrected chi connectivity index (χ2v) is 4.23. The maximum absolute atomic E-state index is 13.4. The molecule has 2 rings (SSSR count). The van der Waals surface area contributed by atoms with Gasteiger partial charge in [-0.25, -0.2) is 26.9 Å². The maximum Gasteiger partial charge on any atom is 0.200 e. The molecule has 0 unspecified atom stereocenters. The SMILES string of the molecule is Fc1c(F)c(F)c(Nc2cccc(Br)n2)c(F)c1F. The fourth-order valence-corrected chi connectivity index (χ4v) is 1.66. The number of anilines is 2. The minimum absolute atomic E-state index is 0.0717. The zero-order chi connectivity index (χ0) is 14.2. The molecule has 0 aliphatic carbocycles. The average molecular weight is 339 g/mol. The van der Waals surface area contributed by atoms with Crippen molar-refractivity contribution in [2.75, 3.05) is 5.32 Å². The Hall–Kier alpha value is -1.70.